The van der Waals surface area contributed by atoms with Crippen LogP contribution in [0.4, 0.5) is 0 Å². The van der Waals surface area contributed by atoms with Crippen LogP contribution in [0.1, 0.15) is 66.4 Å². The van der Waals surface area contributed by atoms with Gasteiger partial charge in [0.2, 0.25) is 0 Å². The molecule has 0 aliphatic carbocycles. The molecule has 1 heterocycles. The Morgan fingerprint density at radius 2 is 1.37 bits per heavy atom. The monoisotopic (exact) mass is 380 g/mol. The Hall–Kier alpha value is -1.39. The summed E-state index contributed by atoms with van der Waals surface area (Å²) in [5.41, 5.74) is 1.39. The van der Waals surface area contributed by atoms with E-state index in [-0.39, 0.29) is 5.97 Å². The smallest absolute Gasteiger partial charge is 0.305 e. The second-order valence-corrected chi connectivity index (χ2v) is 5.64. The number of hydrogen-bond donors (Lipinski definition) is 0. The van der Waals surface area contributed by atoms with Crippen LogP contribution in [0.15, 0.2) is 30.3 Å². The van der Waals surface area contributed by atoms with E-state index >= 15 is 0 Å². The van der Waals surface area contributed by atoms with Crippen molar-refractivity contribution in [1.82, 2.24) is 9.80 Å². The quantitative estimate of drug-likeness (QED) is 0.479. The van der Waals surface area contributed by atoms with E-state index in [9.17, 15) is 4.79 Å². The first-order chi connectivity index (χ1) is 13.3. The van der Waals surface area contributed by atoms with Crippen molar-refractivity contribution < 1.29 is 9.53 Å². The number of carbonyl (C=O) groups is 1. The van der Waals surface area contributed by atoms with Crippen molar-refractivity contribution >= 4 is 5.97 Å². The Bertz CT molecular complexity index is 416. The van der Waals surface area contributed by atoms with E-state index in [1.165, 1.54) is 12.7 Å². The van der Waals surface area contributed by atoms with Crippen molar-refractivity contribution in [2.75, 3.05) is 39.8 Å². The summed E-state index contributed by atoms with van der Waals surface area (Å²) in [6.07, 6.45) is 2.55. The highest BCUT2D eigenvalue weighted by Crippen LogP contribution is 2.09. The molecule has 27 heavy (non-hydrogen) atoms. The Morgan fingerprint density at radius 3 is 1.89 bits per heavy atom. The number of hydrogen-bond acceptors (Lipinski definition) is 4. The number of unbranched alkanes of at least 4 members (excludes halogenated alkanes) is 1. The Morgan fingerprint density at radius 1 is 0.852 bits per heavy atom. The van der Waals surface area contributed by atoms with Gasteiger partial charge in [0.05, 0.1) is 7.11 Å². The zero-order valence-electron chi connectivity index (χ0n) is 19.0. The highest BCUT2D eigenvalue weighted by molar-refractivity contribution is 5.68. The molecule has 0 amide bonds. The van der Waals surface area contributed by atoms with E-state index in [0.717, 1.165) is 52.1 Å². The van der Waals surface area contributed by atoms with Gasteiger partial charge in [-0.1, -0.05) is 71.9 Å². The van der Waals surface area contributed by atoms with Gasteiger partial charge in [0.1, 0.15) is 0 Å². The first-order valence-electron chi connectivity index (χ1n) is 10.8. The summed E-state index contributed by atoms with van der Waals surface area (Å²) in [5, 5.41) is 0. The van der Waals surface area contributed by atoms with Gasteiger partial charge in [-0.15, -0.1) is 0 Å². The van der Waals surface area contributed by atoms with Crippen molar-refractivity contribution in [1.29, 1.82) is 0 Å². The largest absolute Gasteiger partial charge is 0.469 e. The zero-order valence-corrected chi connectivity index (χ0v) is 19.0. The van der Waals surface area contributed by atoms with Crippen LogP contribution in [-0.4, -0.2) is 55.6 Å². The van der Waals surface area contributed by atoms with E-state index in [1.54, 1.807) is 0 Å². The van der Waals surface area contributed by atoms with Crippen LogP contribution in [0.2, 0.25) is 0 Å². The SMILES string of the molecule is CC.CC.CC.COC(=O)CCCCN1CCN(Cc2ccccc2)CC1. The number of esters is 1. The van der Waals surface area contributed by atoms with Gasteiger partial charge in [-0.05, 0) is 24.9 Å². The molecule has 1 aliphatic heterocycles. The summed E-state index contributed by atoms with van der Waals surface area (Å²) in [4.78, 5) is 16.0. The van der Waals surface area contributed by atoms with Crippen LogP contribution in [0, 0.1) is 0 Å². The van der Waals surface area contributed by atoms with Gasteiger partial charge in [-0.2, -0.15) is 0 Å². The average molecular weight is 381 g/mol. The number of ether oxygens (including phenoxy) is 1. The first kappa shape index (κ1) is 27.8. The molecule has 1 aromatic rings. The molecule has 4 heteroatoms. The van der Waals surface area contributed by atoms with Gasteiger partial charge in [-0.3, -0.25) is 9.69 Å². The van der Waals surface area contributed by atoms with Crippen molar-refractivity contribution in [2.24, 2.45) is 0 Å². The van der Waals surface area contributed by atoms with E-state index < -0.39 is 0 Å². The van der Waals surface area contributed by atoms with Gasteiger partial charge >= 0.3 is 5.97 Å². The Labute approximate surface area is 168 Å². The summed E-state index contributed by atoms with van der Waals surface area (Å²) in [6.45, 7) is 18.7. The third-order valence-electron chi connectivity index (χ3n) is 4.05. The van der Waals surface area contributed by atoms with Crippen molar-refractivity contribution in [3.63, 3.8) is 0 Å². The summed E-state index contributed by atoms with van der Waals surface area (Å²) < 4.78 is 4.65. The molecule has 1 aliphatic rings. The first-order valence-corrected chi connectivity index (χ1v) is 10.8. The molecule has 0 unspecified atom stereocenters. The van der Waals surface area contributed by atoms with Crippen LogP contribution in [0.5, 0.6) is 0 Å². The maximum Gasteiger partial charge on any atom is 0.305 e. The highest BCUT2D eigenvalue weighted by atomic mass is 16.5. The lowest BCUT2D eigenvalue weighted by Gasteiger charge is -2.34. The molecular formula is C23H44N2O2. The Kier molecular flexibility index (Phi) is 21.6. The van der Waals surface area contributed by atoms with Crippen LogP contribution < -0.4 is 0 Å². The molecule has 0 aromatic heterocycles. The van der Waals surface area contributed by atoms with Crippen LogP contribution in [0.25, 0.3) is 0 Å². The molecule has 0 spiro atoms. The normalized spacial score (nSPS) is 13.7. The predicted octanol–water partition coefficient (Wildman–Crippen LogP) is 5.23. The number of rotatable bonds is 7. The number of methoxy groups -OCH3 is 1. The standard InChI is InChI=1S/C17H26N2O2.3C2H6/c1-21-17(20)9-5-6-10-18-11-13-19(14-12-18)15-16-7-3-2-4-8-16;3*1-2/h2-4,7-8H,5-6,9-15H2,1H3;3*1-2H3. The second-order valence-electron chi connectivity index (χ2n) is 5.64. The molecule has 2 rings (SSSR count). The fraction of sp³-hybridized carbons (Fsp3) is 0.696. The fourth-order valence-corrected chi connectivity index (χ4v) is 2.72. The molecule has 1 saturated heterocycles. The second kappa shape index (κ2) is 20.9. The molecule has 0 atom stereocenters. The number of piperazine rings is 1. The molecule has 1 fully saturated rings. The topological polar surface area (TPSA) is 32.8 Å². The minimum Gasteiger partial charge on any atom is -0.469 e. The van der Waals surface area contributed by atoms with Crippen LogP contribution in [-0.2, 0) is 16.1 Å². The fourth-order valence-electron chi connectivity index (χ4n) is 2.72. The molecule has 158 valence electrons. The third kappa shape index (κ3) is 14.3. The van der Waals surface area contributed by atoms with E-state index in [2.05, 4.69) is 44.9 Å². The number of carbonyl (C=O) groups excluding carboxylic acids is 1. The van der Waals surface area contributed by atoms with E-state index in [1.807, 2.05) is 41.5 Å². The molecule has 1 aromatic carbocycles. The average Bonchev–Trinajstić information content (AvgIpc) is 2.77. The molecule has 4 nitrogen and oxygen atoms in total. The lowest BCUT2D eigenvalue weighted by Crippen LogP contribution is -2.46. The summed E-state index contributed by atoms with van der Waals surface area (Å²) >= 11 is 0. The third-order valence-corrected chi connectivity index (χ3v) is 4.05. The Balaban J connectivity index is 0. The van der Waals surface area contributed by atoms with E-state index in [0.29, 0.717) is 6.42 Å². The molecule has 0 radical (unpaired) electrons. The van der Waals surface area contributed by atoms with Crippen molar-refractivity contribution in [3.8, 4) is 0 Å². The van der Waals surface area contributed by atoms with Crippen molar-refractivity contribution in [2.45, 2.75) is 67.3 Å². The van der Waals surface area contributed by atoms with E-state index in [4.69, 9.17) is 0 Å². The number of nitrogens with zero attached hydrogens (tertiary/aromatic N) is 2. The molecule has 0 saturated carbocycles. The maximum atomic E-state index is 11.0. The summed E-state index contributed by atoms with van der Waals surface area (Å²) in [6, 6.07) is 10.7. The zero-order chi connectivity index (χ0) is 20.9. The summed E-state index contributed by atoms with van der Waals surface area (Å²) in [7, 11) is 1.45. The highest BCUT2D eigenvalue weighted by Gasteiger charge is 2.16. The minimum absolute atomic E-state index is 0.0947. The molecule has 0 bridgehead atoms. The predicted molar refractivity (Wildman–Crippen MR) is 118 cm³/mol. The van der Waals surface area contributed by atoms with Crippen molar-refractivity contribution in [3.05, 3.63) is 35.9 Å². The summed E-state index contributed by atoms with van der Waals surface area (Å²) in [5.74, 6) is -0.0947. The lowest BCUT2D eigenvalue weighted by atomic mass is 10.2. The van der Waals surface area contributed by atoms with Gasteiger partial charge in [0.25, 0.3) is 0 Å². The van der Waals surface area contributed by atoms with Gasteiger partial charge in [-0.25, -0.2) is 0 Å². The van der Waals surface area contributed by atoms with Gasteiger partial charge in [0, 0.05) is 39.1 Å². The molecule has 0 N–H and O–H groups in total. The minimum atomic E-state index is -0.0947. The maximum absolute atomic E-state index is 11.0. The van der Waals surface area contributed by atoms with Gasteiger partial charge < -0.3 is 9.64 Å². The lowest BCUT2D eigenvalue weighted by molar-refractivity contribution is -0.140. The van der Waals surface area contributed by atoms with Gasteiger partial charge in [0.15, 0.2) is 0 Å². The van der Waals surface area contributed by atoms with Crippen LogP contribution in [0.3, 0.4) is 0 Å². The van der Waals surface area contributed by atoms with Crippen LogP contribution >= 0.6 is 0 Å². The number of benzene rings is 1. The molecular weight excluding hydrogens is 336 g/mol.